The summed E-state index contributed by atoms with van der Waals surface area (Å²) >= 11 is 0. The molecule has 0 aliphatic carbocycles. The Morgan fingerprint density at radius 2 is 1.74 bits per heavy atom. The Hall–Kier alpha value is -1.84. The first kappa shape index (κ1) is 17.5. The van der Waals surface area contributed by atoms with Gasteiger partial charge in [-0.2, -0.15) is 0 Å². The van der Waals surface area contributed by atoms with E-state index in [1.54, 1.807) is 0 Å². The number of aliphatic hydroxyl groups is 1. The molecule has 0 heterocycles. The van der Waals surface area contributed by atoms with Gasteiger partial charge < -0.3 is 15.2 Å². The van der Waals surface area contributed by atoms with Gasteiger partial charge >= 0.3 is 0 Å². The molecule has 2 unspecified atom stereocenters. The van der Waals surface area contributed by atoms with Gasteiger partial charge in [-0.3, -0.25) is 0 Å². The number of ether oxygens (including phenoxy) is 1. The topological polar surface area (TPSA) is 41.5 Å². The molecule has 23 heavy (non-hydrogen) atoms. The number of aliphatic hydroxyl groups excluding tert-OH is 1. The van der Waals surface area contributed by atoms with Crippen LogP contribution in [0.1, 0.15) is 43.9 Å². The van der Waals surface area contributed by atoms with E-state index in [1.807, 2.05) is 61.5 Å². The minimum atomic E-state index is -0.505. The molecule has 2 rings (SSSR count). The summed E-state index contributed by atoms with van der Waals surface area (Å²) in [5.74, 6) is 0.816. The quantitative estimate of drug-likeness (QED) is 0.686. The van der Waals surface area contributed by atoms with E-state index in [-0.39, 0.29) is 6.04 Å². The van der Waals surface area contributed by atoms with Gasteiger partial charge in [-0.05, 0) is 43.1 Å². The molecule has 0 bridgehead atoms. The third-order valence-corrected chi connectivity index (χ3v) is 3.94. The lowest BCUT2D eigenvalue weighted by Gasteiger charge is -2.21. The van der Waals surface area contributed by atoms with E-state index in [0.29, 0.717) is 6.61 Å². The Labute approximate surface area is 139 Å². The zero-order chi connectivity index (χ0) is 16.5. The van der Waals surface area contributed by atoms with Gasteiger partial charge in [0.2, 0.25) is 0 Å². The van der Waals surface area contributed by atoms with Crippen molar-refractivity contribution in [2.45, 2.75) is 45.4 Å². The summed E-state index contributed by atoms with van der Waals surface area (Å²) in [5.41, 5.74) is 2.05. The summed E-state index contributed by atoms with van der Waals surface area (Å²) in [6.45, 7) is 5.67. The van der Waals surface area contributed by atoms with Crippen molar-refractivity contribution in [3.05, 3.63) is 65.7 Å². The molecule has 0 saturated carbocycles. The van der Waals surface area contributed by atoms with Gasteiger partial charge in [0.05, 0.1) is 6.10 Å². The normalized spacial score (nSPS) is 13.5. The van der Waals surface area contributed by atoms with Crippen LogP contribution in [0.25, 0.3) is 0 Å². The zero-order valence-electron chi connectivity index (χ0n) is 14.0. The van der Waals surface area contributed by atoms with E-state index in [1.165, 1.54) is 0 Å². The molecule has 3 nitrogen and oxygen atoms in total. The van der Waals surface area contributed by atoms with Gasteiger partial charge in [0.25, 0.3) is 0 Å². The van der Waals surface area contributed by atoms with E-state index in [4.69, 9.17) is 4.74 Å². The predicted molar refractivity (Wildman–Crippen MR) is 94.5 cm³/mol. The molecule has 2 aromatic rings. The number of rotatable bonds is 9. The molecule has 0 spiro atoms. The lowest BCUT2D eigenvalue weighted by molar-refractivity contribution is 0.136. The highest BCUT2D eigenvalue weighted by molar-refractivity contribution is 5.29. The fraction of sp³-hybridized carbons (Fsp3) is 0.400. The third kappa shape index (κ3) is 5.70. The summed E-state index contributed by atoms with van der Waals surface area (Å²) < 4.78 is 5.77. The fourth-order valence-corrected chi connectivity index (χ4v) is 2.41. The maximum absolute atomic E-state index is 10.4. The Bertz CT molecular complexity index is 554. The van der Waals surface area contributed by atoms with E-state index >= 15 is 0 Å². The van der Waals surface area contributed by atoms with E-state index in [0.717, 1.165) is 36.3 Å². The van der Waals surface area contributed by atoms with Gasteiger partial charge in [-0.25, -0.2) is 0 Å². The van der Waals surface area contributed by atoms with Gasteiger partial charge in [-0.15, -0.1) is 0 Å². The maximum Gasteiger partial charge on any atom is 0.119 e. The van der Waals surface area contributed by atoms with E-state index < -0.39 is 6.10 Å². The molecule has 3 heteroatoms. The van der Waals surface area contributed by atoms with Crippen LogP contribution < -0.4 is 10.1 Å². The summed E-state index contributed by atoms with van der Waals surface area (Å²) in [6, 6.07) is 17.8. The molecule has 2 atom stereocenters. The van der Waals surface area contributed by atoms with Gasteiger partial charge in [0.15, 0.2) is 0 Å². The minimum Gasteiger partial charge on any atom is -0.489 e. The molecule has 124 valence electrons. The summed E-state index contributed by atoms with van der Waals surface area (Å²) in [6.07, 6.45) is 1.78. The SMILES string of the molecule is CCCCNC(C)C(O)c1ccc(OCc2ccccc2)cc1. The average Bonchev–Trinajstić information content (AvgIpc) is 2.61. The molecule has 0 saturated heterocycles. The third-order valence-electron chi connectivity index (χ3n) is 3.94. The van der Waals surface area contributed by atoms with Crippen LogP contribution in [0.2, 0.25) is 0 Å². The van der Waals surface area contributed by atoms with Crippen LogP contribution in [0.15, 0.2) is 54.6 Å². The molecule has 2 aromatic carbocycles. The molecular weight excluding hydrogens is 286 g/mol. The maximum atomic E-state index is 10.4. The molecule has 0 fully saturated rings. The van der Waals surface area contributed by atoms with Crippen LogP contribution in [-0.2, 0) is 6.61 Å². The lowest BCUT2D eigenvalue weighted by atomic mass is 10.0. The Morgan fingerprint density at radius 1 is 1.04 bits per heavy atom. The number of benzene rings is 2. The number of nitrogens with one attached hydrogen (secondary N) is 1. The Balaban J connectivity index is 1.86. The standard InChI is InChI=1S/C20H27NO2/c1-3-4-14-21-16(2)20(22)18-10-12-19(13-11-18)23-15-17-8-6-5-7-9-17/h5-13,16,20-22H,3-4,14-15H2,1-2H3. The molecule has 0 amide bonds. The van der Waals surface area contributed by atoms with E-state index in [9.17, 15) is 5.11 Å². The number of hydrogen-bond donors (Lipinski definition) is 2. The average molecular weight is 313 g/mol. The van der Waals surface area contributed by atoms with Crippen molar-refractivity contribution >= 4 is 0 Å². The van der Waals surface area contributed by atoms with Crippen molar-refractivity contribution < 1.29 is 9.84 Å². The van der Waals surface area contributed by atoms with Crippen LogP contribution in [0.4, 0.5) is 0 Å². The smallest absolute Gasteiger partial charge is 0.119 e. The molecule has 0 aliphatic heterocycles. The summed E-state index contributed by atoms with van der Waals surface area (Å²) in [7, 11) is 0. The van der Waals surface area contributed by atoms with Gasteiger partial charge in [0, 0.05) is 6.04 Å². The van der Waals surface area contributed by atoms with Crippen molar-refractivity contribution in [1.82, 2.24) is 5.32 Å². The molecule has 2 N–H and O–H groups in total. The van der Waals surface area contributed by atoms with Crippen molar-refractivity contribution in [1.29, 1.82) is 0 Å². The molecule has 0 aromatic heterocycles. The minimum absolute atomic E-state index is 0.0395. The highest BCUT2D eigenvalue weighted by atomic mass is 16.5. The molecule has 0 aliphatic rings. The van der Waals surface area contributed by atoms with Crippen molar-refractivity contribution in [3.8, 4) is 5.75 Å². The van der Waals surface area contributed by atoms with E-state index in [2.05, 4.69) is 12.2 Å². The number of hydrogen-bond acceptors (Lipinski definition) is 3. The second-order valence-electron chi connectivity index (χ2n) is 5.88. The second kappa shape index (κ2) is 9.33. The first-order chi connectivity index (χ1) is 11.2. The highest BCUT2D eigenvalue weighted by Gasteiger charge is 2.15. The number of unbranched alkanes of at least 4 members (excludes halogenated alkanes) is 1. The van der Waals surface area contributed by atoms with Crippen LogP contribution in [0.5, 0.6) is 5.75 Å². The van der Waals surface area contributed by atoms with Crippen LogP contribution in [0.3, 0.4) is 0 Å². The predicted octanol–water partition coefficient (Wildman–Crippen LogP) is 4.08. The Morgan fingerprint density at radius 3 is 2.39 bits per heavy atom. The van der Waals surface area contributed by atoms with Crippen molar-refractivity contribution in [2.75, 3.05) is 6.54 Å². The first-order valence-electron chi connectivity index (χ1n) is 8.39. The van der Waals surface area contributed by atoms with Gasteiger partial charge in [0.1, 0.15) is 12.4 Å². The monoisotopic (exact) mass is 313 g/mol. The van der Waals surface area contributed by atoms with Gasteiger partial charge in [-0.1, -0.05) is 55.8 Å². The molecule has 0 radical (unpaired) electrons. The fourth-order valence-electron chi connectivity index (χ4n) is 2.41. The summed E-state index contributed by atoms with van der Waals surface area (Å²) in [5, 5.41) is 13.7. The highest BCUT2D eigenvalue weighted by Crippen LogP contribution is 2.21. The summed E-state index contributed by atoms with van der Waals surface area (Å²) in [4.78, 5) is 0. The lowest BCUT2D eigenvalue weighted by Crippen LogP contribution is -2.32. The molecular formula is C20H27NO2. The Kier molecular flexibility index (Phi) is 7.11. The van der Waals surface area contributed by atoms with Crippen LogP contribution >= 0.6 is 0 Å². The largest absolute Gasteiger partial charge is 0.489 e. The van der Waals surface area contributed by atoms with Crippen molar-refractivity contribution in [2.24, 2.45) is 0 Å². The zero-order valence-corrected chi connectivity index (χ0v) is 14.0. The van der Waals surface area contributed by atoms with Crippen molar-refractivity contribution in [3.63, 3.8) is 0 Å². The van der Waals surface area contributed by atoms with Crippen LogP contribution in [0, 0.1) is 0 Å². The van der Waals surface area contributed by atoms with Crippen LogP contribution in [-0.4, -0.2) is 17.7 Å². The second-order valence-corrected chi connectivity index (χ2v) is 5.88. The first-order valence-corrected chi connectivity index (χ1v) is 8.39.